The molecule has 10 nitrogen and oxygen atoms in total. The number of rotatable bonds is 12. The monoisotopic (exact) mass is 693 g/mol. The smallest absolute Gasteiger partial charge is 0.325 e. The zero-order chi connectivity index (χ0) is 34.9. The van der Waals surface area contributed by atoms with E-state index in [2.05, 4.69) is 17.6 Å². The summed E-state index contributed by atoms with van der Waals surface area (Å²) in [5.74, 6) is 0.710. The summed E-state index contributed by atoms with van der Waals surface area (Å²) in [7, 11) is 0. The molecule has 2 heterocycles. The van der Waals surface area contributed by atoms with Crippen LogP contribution in [0.15, 0.2) is 119 Å². The Morgan fingerprint density at radius 1 is 0.860 bits per heavy atom. The van der Waals surface area contributed by atoms with Gasteiger partial charge in [-0.3, -0.25) is 4.79 Å². The zero-order valence-electron chi connectivity index (χ0n) is 27.8. The number of aliphatic hydroxyl groups excluding tert-OH is 1. The summed E-state index contributed by atoms with van der Waals surface area (Å²) in [5, 5.41) is 15.3. The third-order valence-electron chi connectivity index (χ3n) is 8.32. The molecule has 0 bridgehead atoms. The Labute approximate surface area is 295 Å². The molecule has 1 saturated heterocycles. The topological polar surface area (TPSA) is 132 Å². The fourth-order valence-corrected chi connectivity index (χ4v) is 6.65. The van der Waals surface area contributed by atoms with E-state index >= 15 is 0 Å². The largest absolute Gasteiger partial charge is 0.465 e. The maximum atomic E-state index is 12.3. The molecular weight excluding hydrogens is 655 g/mol. The van der Waals surface area contributed by atoms with Gasteiger partial charge in [-0.1, -0.05) is 116 Å². The van der Waals surface area contributed by atoms with Crippen molar-refractivity contribution in [2.24, 2.45) is 5.92 Å². The number of carbonyl (C=O) groups excluding carboxylic acids is 2. The van der Waals surface area contributed by atoms with Gasteiger partial charge in [0.25, 0.3) is 5.22 Å². The molecule has 2 amide bonds. The second-order valence-electron chi connectivity index (χ2n) is 11.8. The number of carbonyl (C=O) groups is 2. The van der Waals surface area contributed by atoms with Crippen molar-refractivity contribution in [1.82, 2.24) is 10.3 Å². The van der Waals surface area contributed by atoms with Gasteiger partial charge in [0, 0.05) is 34.0 Å². The number of oxazole rings is 1. The van der Waals surface area contributed by atoms with Crippen LogP contribution in [0.1, 0.15) is 42.9 Å². The molecule has 1 aliphatic heterocycles. The molecule has 0 spiro atoms. The Balaban J connectivity index is 1.21. The summed E-state index contributed by atoms with van der Waals surface area (Å²) >= 11 is 1.50. The molecule has 0 unspecified atom stereocenters. The van der Waals surface area contributed by atoms with Gasteiger partial charge >= 0.3 is 12.0 Å². The van der Waals surface area contributed by atoms with Crippen LogP contribution in [0.25, 0.3) is 22.6 Å². The Hall–Kier alpha value is -4.94. The molecule has 5 aromatic rings. The second kappa shape index (κ2) is 16.6. The SMILES string of the molecule is CCOC(=O)CNC(=O)Nc1ccc([C@H]2O[C@@H](CSc3nc(-c4ccccc4)c(-c4ccccc4)o3)[C@@H](C)[C@@H](c3ccc(CO)cc3)O2)cc1. The van der Waals surface area contributed by atoms with Gasteiger partial charge in [0.05, 0.1) is 25.4 Å². The highest BCUT2D eigenvalue weighted by molar-refractivity contribution is 7.99. The van der Waals surface area contributed by atoms with Crippen LogP contribution in [-0.4, -0.2) is 47.1 Å². The molecule has 1 aromatic heterocycles. The van der Waals surface area contributed by atoms with Crippen LogP contribution >= 0.6 is 11.8 Å². The third-order valence-corrected chi connectivity index (χ3v) is 9.24. The van der Waals surface area contributed by atoms with E-state index in [0.717, 1.165) is 33.5 Å². The molecule has 0 aliphatic carbocycles. The summed E-state index contributed by atoms with van der Waals surface area (Å²) < 4.78 is 24.4. The van der Waals surface area contributed by atoms with E-state index in [0.29, 0.717) is 22.4 Å². The molecule has 4 aromatic carbocycles. The molecule has 258 valence electrons. The number of hydrogen-bond donors (Lipinski definition) is 3. The van der Waals surface area contributed by atoms with Crippen LogP contribution < -0.4 is 10.6 Å². The van der Waals surface area contributed by atoms with Crippen LogP contribution in [0, 0.1) is 5.92 Å². The van der Waals surface area contributed by atoms with Gasteiger partial charge in [0.1, 0.15) is 12.2 Å². The molecule has 1 fully saturated rings. The van der Waals surface area contributed by atoms with Gasteiger partial charge in [-0.15, -0.1) is 0 Å². The number of nitrogens with zero attached hydrogens (tertiary/aromatic N) is 1. The van der Waals surface area contributed by atoms with Gasteiger partial charge in [0.15, 0.2) is 12.1 Å². The summed E-state index contributed by atoms with van der Waals surface area (Å²) in [6.07, 6.45) is -1.25. The third kappa shape index (κ3) is 8.61. The summed E-state index contributed by atoms with van der Waals surface area (Å²) in [5.41, 5.74) is 5.80. The van der Waals surface area contributed by atoms with Crippen molar-refractivity contribution in [3.63, 3.8) is 0 Å². The minimum Gasteiger partial charge on any atom is -0.465 e. The van der Waals surface area contributed by atoms with Crippen LogP contribution in [-0.2, 0) is 25.6 Å². The number of benzene rings is 4. The van der Waals surface area contributed by atoms with E-state index in [4.69, 9.17) is 23.6 Å². The van der Waals surface area contributed by atoms with E-state index < -0.39 is 18.3 Å². The predicted octanol–water partition coefficient (Wildman–Crippen LogP) is 7.77. The number of urea groups is 1. The first-order chi connectivity index (χ1) is 24.4. The number of ether oxygens (including phenoxy) is 3. The molecular formula is C39H39N3O7S. The summed E-state index contributed by atoms with van der Waals surface area (Å²) in [6.45, 7) is 3.78. The van der Waals surface area contributed by atoms with Crippen LogP contribution in [0.2, 0.25) is 0 Å². The van der Waals surface area contributed by atoms with Crippen molar-refractivity contribution in [3.8, 4) is 22.6 Å². The van der Waals surface area contributed by atoms with Crippen molar-refractivity contribution in [3.05, 3.63) is 126 Å². The van der Waals surface area contributed by atoms with Crippen molar-refractivity contribution in [1.29, 1.82) is 0 Å². The summed E-state index contributed by atoms with van der Waals surface area (Å²) in [6, 6.07) is 34.4. The average Bonchev–Trinajstić information content (AvgIpc) is 3.59. The maximum absolute atomic E-state index is 12.3. The van der Waals surface area contributed by atoms with E-state index in [1.54, 1.807) is 19.1 Å². The van der Waals surface area contributed by atoms with Crippen molar-refractivity contribution in [2.45, 2.75) is 44.2 Å². The molecule has 0 saturated carbocycles. The lowest BCUT2D eigenvalue weighted by Gasteiger charge is -2.41. The first kappa shape index (κ1) is 34.9. The van der Waals surface area contributed by atoms with Gasteiger partial charge in [-0.05, 0) is 30.2 Å². The van der Waals surface area contributed by atoms with E-state index in [1.807, 2.05) is 97.1 Å². The highest BCUT2D eigenvalue weighted by Gasteiger charge is 2.38. The van der Waals surface area contributed by atoms with Gasteiger partial charge in [-0.2, -0.15) is 0 Å². The minimum absolute atomic E-state index is 0.0417. The number of amides is 2. The van der Waals surface area contributed by atoms with Crippen molar-refractivity contribution in [2.75, 3.05) is 24.2 Å². The zero-order valence-corrected chi connectivity index (χ0v) is 28.6. The van der Waals surface area contributed by atoms with Crippen LogP contribution in [0.5, 0.6) is 0 Å². The Bertz CT molecular complexity index is 1790. The Morgan fingerprint density at radius 3 is 2.18 bits per heavy atom. The number of hydrogen-bond acceptors (Lipinski definition) is 9. The number of anilines is 1. The summed E-state index contributed by atoms with van der Waals surface area (Å²) in [4.78, 5) is 28.8. The quantitative estimate of drug-likeness (QED) is 0.0886. The standard InChI is InChI=1S/C39H39N3O7S/c1-3-46-33(44)22-40-38(45)41-31-20-18-30(19-21-31)37-47-32(25(2)35(48-37)29-16-14-26(23-43)15-17-29)24-50-39-42-34(27-10-6-4-7-11-27)36(49-39)28-12-8-5-9-13-28/h4-21,25,32,35,37,43H,3,22-24H2,1-2H3,(H2,40,41,45)/t25-,32+,35+,37+/m1/s1. The lowest BCUT2D eigenvalue weighted by atomic mass is 9.91. The molecule has 11 heteroatoms. The van der Waals surface area contributed by atoms with Crippen molar-refractivity contribution >= 4 is 29.4 Å². The van der Waals surface area contributed by atoms with Crippen LogP contribution in [0.4, 0.5) is 10.5 Å². The number of esters is 1. The number of aromatic nitrogens is 1. The van der Waals surface area contributed by atoms with Gasteiger partial charge in [-0.25, -0.2) is 9.78 Å². The van der Waals surface area contributed by atoms with E-state index in [-0.39, 0.29) is 37.9 Å². The highest BCUT2D eigenvalue weighted by Crippen LogP contribution is 2.44. The lowest BCUT2D eigenvalue weighted by Crippen LogP contribution is -2.38. The second-order valence-corrected chi connectivity index (χ2v) is 12.7. The number of thioether (sulfide) groups is 1. The van der Waals surface area contributed by atoms with E-state index in [1.165, 1.54) is 11.8 Å². The average molecular weight is 694 g/mol. The molecule has 0 radical (unpaired) electrons. The van der Waals surface area contributed by atoms with Gasteiger partial charge < -0.3 is 34.4 Å². The van der Waals surface area contributed by atoms with Crippen molar-refractivity contribution < 1.29 is 33.3 Å². The van der Waals surface area contributed by atoms with Gasteiger partial charge in [0.2, 0.25) is 0 Å². The molecule has 3 N–H and O–H groups in total. The normalized spacial score (nSPS) is 18.7. The first-order valence-electron chi connectivity index (χ1n) is 16.5. The Kier molecular flexibility index (Phi) is 11.6. The first-order valence-corrected chi connectivity index (χ1v) is 17.5. The highest BCUT2D eigenvalue weighted by atomic mass is 32.2. The fraction of sp³-hybridized carbons (Fsp3) is 0.256. The predicted molar refractivity (Wildman–Crippen MR) is 191 cm³/mol. The minimum atomic E-state index is -0.699. The lowest BCUT2D eigenvalue weighted by molar-refractivity contribution is -0.268. The number of nitrogens with one attached hydrogen (secondary N) is 2. The molecule has 50 heavy (non-hydrogen) atoms. The fourth-order valence-electron chi connectivity index (χ4n) is 5.67. The van der Waals surface area contributed by atoms with E-state index in [9.17, 15) is 14.7 Å². The maximum Gasteiger partial charge on any atom is 0.325 e. The molecule has 4 atom stereocenters. The van der Waals surface area contributed by atoms with Crippen LogP contribution in [0.3, 0.4) is 0 Å². The Morgan fingerprint density at radius 2 is 1.52 bits per heavy atom. The molecule has 1 aliphatic rings. The number of aliphatic hydroxyl groups is 1. The molecule has 6 rings (SSSR count).